The molecule has 0 aliphatic heterocycles. The van der Waals surface area contributed by atoms with Crippen LogP contribution in [0.3, 0.4) is 0 Å². The highest BCUT2D eigenvalue weighted by atomic mass is 16.6. The van der Waals surface area contributed by atoms with E-state index in [4.69, 9.17) is 9.47 Å². The van der Waals surface area contributed by atoms with Crippen LogP contribution in [0.2, 0.25) is 0 Å². The van der Waals surface area contributed by atoms with E-state index in [1.807, 2.05) is 0 Å². The van der Waals surface area contributed by atoms with E-state index in [2.05, 4.69) is 135 Å². The van der Waals surface area contributed by atoms with Crippen molar-refractivity contribution in [3.8, 4) is 0 Å². The Kier molecular flexibility index (Phi) is 50.5. The van der Waals surface area contributed by atoms with Crippen molar-refractivity contribution in [2.75, 3.05) is 13.2 Å². The summed E-state index contributed by atoms with van der Waals surface area (Å²) in [6.07, 6.45) is 78.6. The molecule has 1 unspecified atom stereocenters. The summed E-state index contributed by atoms with van der Waals surface area (Å²) >= 11 is 0. The average Bonchev–Trinajstić information content (AvgIpc) is 3.30. The van der Waals surface area contributed by atoms with Gasteiger partial charge in [0, 0.05) is 12.8 Å². The molecule has 64 heavy (non-hydrogen) atoms. The molecule has 0 fully saturated rings. The normalized spacial score (nSPS) is 13.2. The molecule has 0 aliphatic carbocycles. The molecule has 0 aromatic rings. The lowest BCUT2D eigenvalue weighted by atomic mass is 10.0. The molecule has 0 aromatic heterocycles. The summed E-state index contributed by atoms with van der Waals surface area (Å²) in [7, 11) is 0. The van der Waals surface area contributed by atoms with Gasteiger partial charge in [0.1, 0.15) is 6.61 Å². The summed E-state index contributed by atoms with van der Waals surface area (Å²) in [5.41, 5.74) is 0. The molecule has 0 heterocycles. The van der Waals surface area contributed by atoms with Crippen LogP contribution in [0.4, 0.5) is 0 Å². The molecule has 0 rings (SSSR count). The van der Waals surface area contributed by atoms with E-state index in [-0.39, 0.29) is 25.2 Å². The first-order valence-electron chi connectivity index (χ1n) is 26.1. The van der Waals surface area contributed by atoms with Gasteiger partial charge in [0.15, 0.2) is 6.10 Å². The van der Waals surface area contributed by atoms with Gasteiger partial charge in [0.25, 0.3) is 0 Å². The summed E-state index contributed by atoms with van der Waals surface area (Å²) in [6, 6.07) is 0. The summed E-state index contributed by atoms with van der Waals surface area (Å²) in [4.78, 5) is 24.4. The molecule has 362 valence electrons. The first-order valence-corrected chi connectivity index (χ1v) is 26.1. The van der Waals surface area contributed by atoms with Gasteiger partial charge in [-0.1, -0.05) is 219 Å². The summed E-state index contributed by atoms with van der Waals surface area (Å²) in [6.45, 7) is 3.97. The van der Waals surface area contributed by atoms with Crippen LogP contribution < -0.4 is 0 Å². The standard InChI is InChI=1S/C59H96O5/c1-3-5-7-9-11-13-15-17-19-20-21-22-23-24-25-26-27-28-29-30-31-32-33-34-35-36-37-38-40-42-44-46-48-50-52-54-59(62)64-57(55-60)56-63-58(61)53-51-49-47-45-43-41-39-18-16-14-12-10-8-6-4-2/h5,7,11-14,17-19,21-22,24-25,27-28,30-31,33-34,39,57,60H,3-4,6,8-10,15-16,20,23,26,29,32,35-38,40-56H2,1-2H3/b7-5-,13-11-,14-12-,19-17-,22-21-,25-24-,28-27-,31-30-,34-33-,39-18-. The fourth-order valence-corrected chi connectivity index (χ4v) is 6.84. The van der Waals surface area contributed by atoms with Gasteiger partial charge >= 0.3 is 11.9 Å². The number of esters is 2. The number of ether oxygens (including phenoxy) is 2. The van der Waals surface area contributed by atoms with Gasteiger partial charge in [-0.25, -0.2) is 0 Å². The molecule has 0 spiro atoms. The van der Waals surface area contributed by atoms with E-state index in [9.17, 15) is 14.7 Å². The lowest BCUT2D eigenvalue weighted by molar-refractivity contribution is -0.161. The van der Waals surface area contributed by atoms with Crippen LogP contribution in [-0.2, 0) is 19.1 Å². The molecule has 0 bridgehead atoms. The van der Waals surface area contributed by atoms with Crippen LogP contribution in [0.15, 0.2) is 122 Å². The minimum absolute atomic E-state index is 0.0809. The first-order chi connectivity index (χ1) is 31.6. The van der Waals surface area contributed by atoms with E-state index in [1.165, 1.54) is 89.9 Å². The highest BCUT2D eigenvalue weighted by Gasteiger charge is 2.16. The molecule has 0 amide bonds. The highest BCUT2D eigenvalue weighted by molar-refractivity contribution is 5.70. The Bertz CT molecular complexity index is 1320. The first kappa shape index (κ1) is 60.3. The maximum atomic E-state index is 12.3. The lowest BCUT2D eigenvalue weighted by Gasteiger charge is -2.15. The Hall–Kier alpha value is -3.70. The Morgan fingerprint density at radius 2 is 0.672 bits per heavy atom. The zero-order chi connectivity index (χ0) is 46.3. The predicted octanol–water partition coefficient (Wildman–Crippen LogP) is 17.5. The maximum absolute atomic E-state index is 12.3. The largest absolute Gasteiger partial charge is 0.462 e. The third-order valence-corrected chi connectivity index (χ3v) is 10.7. The van der Waals surface area contributed by atoms with Crippen molar-refractivity contribution in [3.05, 3.63) is 122 Å². The number of carbonyl (C=O) groups is 2. The summed E-state index contributed by atoms with van der Waals surface area (Å²) < 4.78 is 10.6. The molecule has 0 saturated carbocycles. The number of unbranched alkanes of at least 4 members (excludes halogenated alkanes) is 18. The molecule has 5 heteroatoms. The number of rotatable bonds is 46. The minimum Gasteiger partial charge on any atom is -0.462 e. The molecule has 1 atom stereocenters. The Balaban J connectivity index is 3.59. The van der Waals surface area contributed by atoms with Crippen molar-refractivity contribution in [1.82, 2.24) is 0 Å². The molecular formula is C59H96O5. The molecule has 0 saturated heterocycles. The zero-order valence-corrected chi connectivity index (χ0v) is 41.2. The van der Waals surface area contributed by atoms with Gasteiger partial charge in [-0.15, -0.1) is 0 Å². The van der Waals surface area contributed by atoms with Crippen LogP contribution in [0.25, 0.3) is 0 Å². The molecular weight excluding hydrogens is 789 g/mol. The van der Waals surface area contributed by atoms with Crippen LogP contribution >= 0.6 is 0 Å². The van der Waals surface area contributed by atoms with Crippen molar-refractivity contribution in [2.24, 2.45) is 0 Å². The van der Waals surface area contributed by atoms with Crippen LogP contribution in [0.5, 0.6) is 0 Å². The van der Waals surface area contributed by atoms with E-state index in [1.54, 1.807) is 0 Å². The fraction of sp³-hybridized carbons (Fsp3) is 0.627. The SMILES string of the molecule is CC/C=C\C/C=C\C/C=C\C/C=C\C/C=C\C/C=C\C/C=C\C/C=C\CCCCCCCCCCCCC(=O)OC(CO)COC(=O)CCCCCCC/C=C\C/C=C\CCCCC. The van der Waals surface area contributed by atoms with Gasteiger partial charge < -0.3 is 14.6 Å². The number of carbonyl (C=O) groups excluding carboxylic acids is 2. The van der Waals surface area contributed by atoms with Gasteiger partial charge in [-0.3, -0.25) is 9.59 Å². The Labute approximate surface area is 394 Å². The fourth-order valence-electron chi connectivity index (χ4n) is 6.84. The van der Waals surface area contributed by atoms with E-state index >= 15 is 0 Å². The molecule has 1 N–H and O–H groups in total. The lowest BCUT2D eigenvalue weighted by Crippen LogP contribution is -2.28. The number of aliphatic hydroxyl groups excluding tert-OH is 1. The smallest absolute Gasteiger partial charge is 0.306 e. The second-order valence-electron chi connectivity index (χ2n) is 16.9. The van der Waals surface area contributed by atoms with Gasteiger partial charge in [0.05, 0.1) is 6.61 Å². The third kappa shape index (κ3) is 50.9. The van der Waals surface area contributed by atoms with Crippen molar-refractivity contribution < 1.29 is 24.2 Å². The maximum Gasteiger partial charge on any atom is 0.306 e. The van der Waals surface area contributed by atoms with Crippen molar-refractivity contribution in [3.63, 3.8) is 0 Å². The highest BCUT2D eigenvalue weighted by Crippen LogP contribution is 2.14. The van der Waals surface area contributed by atoms with Crippen LogP contribution in [0.1, 0.15) is 219 Å². The topological polar surface area (TPSA) is 72.8 Å². The van der Waals surface area contributed by atoms with E-state index in [0.717, 1.165) is 103 Å². The van der Waals surface area contributed by atoms with Crippen LogP contribution in [0, 0.1) is 0 Å². The van der Waals surface area contributed by atoms with Crippen molar-refractivity contribution >= 4 is 11.9 Å². The second-order valence-corrected chi connectivity index (χ2v) is 16.9. The number of allylic oxidation sites excluding steroid dienone is 20. The van der Waals surface area contributed by atoms with Gasteiger partial charge in [0.2, 0.25) is 0 Å². The predicted molar refractivity (Wildman–Crippen MR) is 278 cm³/mol. The van der Waals surface area contributed by atoms with Crippen LogP contribution in [-0.4, -0.2) is 36.4 Å². The third-order valence-electron chi connectivity index (χ3n) is 10.7. The molecule has 0 aliphatic rings. The number of aliphatic hydroxyl groups is 1. The van der Waals surface area contributed by atoms with Crippen molar-refractivity contribution in [2.45, 2.75) is 225 Å². The Morgan fingerprint density at radius 3 is 1.02 bits per heavy atom. The minimum atomic E-state index is -0.788. The van der Waals surface area contributed by atoms with E-state index in [0.29, 0.717) is 12.8 Å². The number of hydrogen-bond acceptors (Lipinski definition) is 5. The zero-order valence-electron chi connectivity index (χ0n) is 41.2. The summed E-state index contributed by atoms with van der Waals surface area (Å²) in [5, 5.41) is 9.62. The van der Waals surface area contributed by atoms with E-state index < -0.39 is 6.10 Å². The quantitative estimate of drug-likeness (QED) is 0.0375. The molecule has 0 aromatic carbocycles. The summed E-state index contributed by atoms with van der Waals surface area (Å²) in [5.74, 6) is -0.618. The van der Waals surface area contributed by atoms with Gasteiger partial charge in [-0.2, -0.15) is 0 Å². The second kappa shape index (κ2) is 53.6. The van der Waals surface area contributed by atoms with Crippen molar-refractivity contribution in [1.29, 1.82) is 0 Å². The molecule has 5 nitrogen and oxygen atoms in total. The average molecular weight is 885 g/mol. The molecule has 0 radical (unpaired) electrons. The number of hydrogen-bond donors (Lipinski definition) is 1. The van der Waals surface area contributed by atoms with Gasteiger partial charge in [-0.05, 0) is 109 Å². The Morgan fingerprint density at radius 1 is 0.375 bits per heavy atom. The monoisotopic (exact) mass is 885 g/mol.